The molecule has 0 aromatic rings. The average molecular weight is 241 g/mol. The van der Waals surface area contributed by atoms with E-state index in [4.69, 9.17) is 0 Å². The van der Waals surface area contributed by atoms with E-state index in [1.807, 2.05) is 0 Å². The molecule has 0 aromatic carbocycles. The standard InChI is InChI=1S/C9H14F3NO3/c1-15-8(14)7-3-2-4-13(7)5-6-16-9(10,11)12/h7H,2-6H2,1H3. The monoisotopic (exact) mass is 241 g/mol. The van der Waals surface area contributed by atoms with Crippen molar-refractivity contribution < 1.29 is 27.4 Å². The molecule has 1 aliphatic heterocycles. The molecule has 4 nitrogen and oxygen atoms in total. The zero-order valence-corrected chi connectivity index (χ0v) is 8.92. The van der Waals surface area contributed by atoms with Crippen molar-refractivity contribution >= 4 is 5.97 Å². The van der Waals surface area contributed by atoms with E-state index in [-0.39, 0.29) is 6.54 Å². The Balaban J connectivity index is 2.33. The predicted molar refractivity (Wildman–Crippen MR) is 48.6 cm³/mol. The molecule has 1 fully saturated rings. The molecule has 0 aromatic heterocycles. The van der Waals surface area contributed by atoms with Crippen molar-refractivity contribution in [3.8, 4) is 0 Å². The van der Waals surface area contributed by atoms with E-state index in [0.29, 0.717) is 13.0 Å². The number of halogens is 3. The number of carbonyl (C=O) groups is 1. The first-order valence-electron chi connectivity index (χ1n) is 4.96. The molecule has 1 atom stereocenters. The van der Waals surface area contributed by atoms with E-state index < -0.39 is 25.0 Å². The number of alkyl halides is 3. The number of hydrogen-bond donors (Lipinski definition) is 0. The lowest BCUT2D eigenvalue weighted by atomic mass is 10.2. The highest BCUT2D eigenvalue weighted by Crippen LogP contribution is 2.20. The lowest BCUT2D eigenvalue weighted by Crippen LogP contribution is -2.39. The molecular weight excluding hydrogens is 227 g/mol. The maximum atomic E-state index is 11.7. The fourth-order valence-electron chi connectivity index (χ4n) is 1.78. The number of rotatable bonds is 4. The van der Waals surface area contributed by atoms with Gasteiger partial charge in [0.15, 0.2) is 0 Å². The van der Waals surface area contributed by atoms with Crippen LogP contribution >= 0.6 is 0 Å². The van der Waals surface area contributed by atoms with Crippen LogP contribution in [0, 0.1) is 0 Å². The summed E-state index contributed by atoms with van der Waals surface area (Å²) < 4.78 is 43.4. The molecule has 16 heavy (non-hydrogen) atoms. The summed E-state index contributed by atoms with van der Waals surface area (Å²) in [6.45, 7) is 0.219. The molecule has 1 heterocycles. The highest BCUT2D eigenvalue weighted by Gasteiger charge is 2.33. The molecule has 0 spiro atoms. The number of methoxy groups -OCH3 is 1. The molecule has 7 heteroatoms. The van der Waals surface area contributed by atoms with Gasteiger partial charge in [0.05, 0.1) is 13.7 Å². The van der Waals surface area contributed by atoms with Gasteiger partial charge in [0.2, 0.25) is 0 Å². The highest BCUT2D eigenvalue weighted by atomic mass is 19.4. The summed E-state index contributed by atoms with van der Waals surface area (Å²) in [7, 11) is 1.27. The first-order chi connectivity index (χ1) is 7.44. The molecule has 1 aliphatic rings. The van der Waals surface area contributed by atoms with Gasteiger partial charge in [-0.05, 0) is 19.4 Å². The SMILES string of the molecule is COC(=O)C1CCCN1CCOC(F)(F)F. The van der Waals surface area contributed by atoms with E-state index in [1.54, 1.807) is 4.90 Å². The summed E-state index contributed by atoms with van der Waals surface area (Å²) in [6.07, 6.45) is -3.20. The molecule has 94 valence electrons. The van der Waals surface area contributed by atoms with Crippen molar-refractivity contribution in [1.82, 2.24) is 4.90 Å². The normalized spacial score (nSPS) is 22.4. The van der Waals surface area contributed by atoms with Crippen LogP contribution in [0.5, 0.6) is 0 Å². The Morgan fingerprint density at radius 1 is 1.50 bits per heavy atom. The van der Waals surface area contributed by atoms with Crippen LogP contribution in [0.15, 0.2) is 0 Å². The summed E-state index contributed by atoms with van der Waals surface area (Å²) in [5.41, 5.74) is 0. The van der Waals surface area contributed by atoms with Crippen molar-refractivity contribution in [3.05, 3.63) is 0 Å². The van der Waals surface area contributed by atoms with Gasteiger partial charge in [-0.25, -0.2) is 0 Å². The van der Waals surface area contributed by atoms with Gasteiger partial charge in [0.25, 0.3) is 0 Å². The smallest absolute Gasteiger partial charge is 0.468 e. The predicted octanol–water partition coefficient (Wildman–Crippen LogP) is 1.16. The minimum Gasteiger partial charge on any atom is -0.468 e. The number of ether oxygens (including phenoxy) is 2. The van der Waals surface area contributed by atoms with Crippen LogP contribution in [-0.4, -0.2) is 50.1 Å². The van der Waals surface area contributed by atoms with Crippen LogP contribution in [0.1, 0.15) is 12.8 Å². The van der Waals surface area contributed by atoms with Gasteiger partial charge in [-0.3, -0.25) is 14.4 Å². The van der Waals surface area contributed by atoms with Gasteiger partial charge in [0.1, 0.15) is 6.04 Å². The lowest BCUT2D eigenvalue weighted by Gasteiger charge is -2.22. The van der Waals surface area contributed by atoms with Crippen LogP contribution in [0.4, 0.5) is 13.2 Å². The summed E-state index contributed by atoms with van der Waals surface area (Å²) >= 11 is 0. The second kappa shape index (κ2) is 5.49. The Hall–Kier alpha value is -0.820. The van der Waals surface area contributed by atoms with Crippen LogP contribution < -0.4 is 0 Å². The number of esters is 1. The Morgan fingerprint density at radius 2 is 2.19 bits per heavy atom. The van der Waals surface area contributed by atoms with Gasteiger partial charge >= 0.3 is 12.3 Å². The minimum absolute atomic E-state index is 0.0826. The van der Waals surface area contributed by atoms with E-state index in [0.717, 1.165) is 6.42 Å². The topological polar surface area (TPSA) is 38.8 Å². The van der Waals surface area contributed by atoms with E-state index in [2.05, 4.69) is 9.47 Å². The summed E-state index contributed by atoms with van der Waals surface area (Å²) in [5, 5.41) is 0. The quantitative estimate of drug-likeness (QED) is 0.692. The molecule has 1 rings (SSSR count). The fourth-order valence-corrected chi connectivity index (χ4v) is 1.78. The zero-order chi connectivity index (χ0) is 12.2. The van der Waals surface area contributed by atoms with Crippen molar-refractivity contribution in [3.63, 3.8) is 0 Å². The Bertz CT molecular complexity index is 245. The number of likely N-dealkylation sites (tertiary alicyclic amines) is 1. The lowest BCUT2D eigenvalue weighted by molar-refractivity contribution is -0.325. The van der Waals surface area contributed by atoms with Gasteiger partial charge in [-0.15, -0.1) is 13.2 Å². The fraction of sp³-hybridized carbons (Fsp3) is 0.889. The second-order valence-corrected chi connectivity index (χ2v) is 3.51. The third kappa shape index (κ3) is 3.97. The zero-order valence-electron chi connectivity index (χ0n) is 8.92. The number of nitrogens with zero attached hydrogens (tertiary/aromatic N) is 1. The van der Waals surface area contributed by atoms with Crippen molar-refractivity contribution in [2.45, 2.75) is 25.2 Å². The van der Waals surface area contributed by atoms with Gasteiger partial charge < -0.3 is 4.74 Å². The molecule has 1 unspecified atom stereocenters. The largest absolute Gasteiger partial charge is 0.522 e. The molecule has 0 N–H and O–H groups in total. The van der Waals surface area contributed by atoms with Crippen molar-refractivity contribution in [1.29, 1.82) is 0 Å². The summed E-state index contributed by atoms with van der Waals surface area (Å²) in [6, 6.07) is -0.429. The van der Waals surface area contributed by atoms with E-state index in [9.17, 15) is 18.0 Å². The van der Waals surface area contributed by atoms with Crippen molar-refractivity contribution in [2.24, 2.45) is 0 Å². The number of carbonyl (C=O) groups excluding carboxylic acids is 1. The molecule has 0 bridgehead atoms. The second-order valence-electron chi connectivity index (χ2n) is 3.51. The van der Waals surface area contributed by atoms with Crippen molar-refractivity contribution in [2.75, 3.05) is 26.8 Å². The Labute approximate surface area is 91.3 Å². The first kappa shape index (κ1) is 13.2. The maximum Gasteiger partial charge on any atom is 0.522 e. The van der Waals surface area contributed by atoms with Crippen LogP contribution in [0.25, 0.3) is 0 Å². The third-order valence-corrected chi connectivity index (χ3v) is 2.48. The molecule has 0 aliphatic carbocycles. The average Bonchev–Trinajstić information content (AvgIpc) is 2.63. The molecule has 1 saturated heterocycles. The van der Waals surface area contributed by atoms with Gasteiger partial charge in [0, 0.05) is 6.54 Å². The maximum absolute atomic E-state index is 11.7. The first-order valence-corrected chi connectivity index (χ1v) is 4.96. The van der Waals surface area contributed by atoms with Crippen LogP contribution in [0.2, 0.25) is 0 Å². The highest BCUT2D eigenvalue weighted by molar-refractivity contribution is 5.75. The Kier molecular flexibility index (Phi) is 4.55. The third-order valence-electron chi connectivity index (χ3n) is 2.48. The molecule has 0 saturated carbocycles. The molecular formula is C9H14F3NO3. The van der Waals surface area contributed by atoms with E-state index in [1.165, 1.54) is 7.11 Å². The van der Waals surface area contributed by atoms with Gasteiger partial charge in [-0.1, -0.05) is 0 Å². The summed E-state index contributed by atoms with van der Waals surface area (Å²) in [5.74, 6) is -0.399. The van der Waals surface area contributed by atoms with Crippen LogP contribution in [-0.2, 0) is 14.3 Å². The Morgan fingerprint density at radius 3 is 2.75 bits per heavy atom. The van der Waals surface area contributed by atoms with Crippen LogP contribution in [0.3, 0.4) is 0 Å². The van der Waals surface area contributed by atoms with E-state index >= 15 is 0 Å². The number of hydrogen-bond acceptors (Lipinski definition) is 4. The molecule has 0 amide bonds. The summed E-state index contributed by atoms with van der Waals surface area (Å²) in [4.78, 5) is 12.9. The minimum atomic E-state index is -4.61. The molecule has 0 radical (unpaired) electrons. The van der Waals surface area contributed by atoms with Gasteiger partial charge in [-0.2, -0.15) is 0 Å².